The minimum atomic E-state index is 0.240. The largest absolute Gasteiger partial charge is 0.493 e. The van der Waals surface area contributed by atoms with Gasteiger partial charge in [-0.1, -0.05) is 36.0 Å². The summed E-state index contributed by atoms with van der Waals surface area (Å²) in [7, 11) is 3.30. The number of pyridine rings is 1. The Morgan fingerprint density at radius 3 is 2.31 bits per heavy atom. The summed E-state index contributed by atoms with van der Waals surface area (Å²) in [6, 6.07) is 4.32. The summed E-state index contributed by atoms with van der Waals surface area (Å²) in [6.07, 6.45) is 7.83. The van der Waals surface area contributed by atoms with Gasteiger partial charge in [-0.15, -0.1) is 0 Å². The van der Waals surface area contributed by atoms with Crippen LogP contribution in [0.3, 0.4) is 0 Å². The number of aromatic nitrogens is 1. The number of nitrogens with zero attached hydrogens (tertiary/aromatic N) is 2. The van der Waals surface area contributed by atoms with Crippen molar-refractivity contribution in [3.8, 4) is 11.5 Å². The molecule has 2 aliphatic rings. The van der Waals surface area contributed by atoms with Gasteiger partial charge in [0, 0.05) is 29.4 Å². The highest BCUT2D eigenvalue weighted by atomic mass is 35.5. The maximum Gasteiger partial charge on any atom is 0.161 e. The Hall–Kier alpha value is -1.78. The highest BCUT2D eigenvalue weighted by Crippen LogP contribution is 2.45. The van der Waals surface area contributed by atoms with E-state index in [1.54, 1.807) is 26.6 Å². The Morgan fingerprint density at radius 1 is 0.962 bits per heavy atom. The molecular formula is C20H20Cl2N2O2. The van der Waals surface area contributed by atoms with Crippen LogP contribution < -0.4 is 9.47 Å². The zero-order chi connectivity index (χ0) is 18.3. The molecule has 0 radical (unpaired) electrons. The third-order valence-corrected chi connectivity index (χ3v) is 5.90. The summed E-state index contributed by atoms with van der Waals surface area (Å²) in [5.41, 5.74) is 3.81. The molecule has 1 aromatic carbocycles. The zero-order valence-electron chi connectivity index (χ0n) is 14.8. The van der Waals surface area contributed by atoms with Crippen LogP contribution in [0.5, 0.6) is 11.5 Å². The number of aliphatic imine (C=N–C) groups is 1. The van der Waals surface area contributed by atoms with Crippen molar-refractivity contribution in [1.82, 2.24) is 4.98 Å². The monoisotopic (exact) mass is 390 g/mol. The van der Waals surface area contributed by atoms with E-state index in [2.05, 4.69) is 11.1 Å². The lowest BCUT2D eigenvalue weighted by molar-refractivity contribution is 0.349. The van der Waals surface area contributed by atoms with Gasteiger partial charge in [0.2, 0.25) is 0 Å². The SMILES string of the molecule is COc1cc2c(cc1OC)[C@H]1CCCC[C@H]1N=C2c1c(Cl)cncc1Cl. The first-order valence-corrected chi connectivity index (χ1v) is 9.53. The summed E-state index contributed by atoms with van der Waals surface area (Å²) in [4.78, 5) is 9.17. The minimum absolute atomic E-state index is 0.240. The van der Waals surface area contributed by atoms with Crippen LogP contribution in [0.1, 0.15) is 48.3 Å². The number of hydrogen-bond donors (Lipinski definition) is 0. The molecule has 1 aliphatic heterocycles. The van der Waals surface area contributed by atoms with E-state index in [9.17, 15) is 0 Å². The van der Waals surface area contributed by atoms with Crippen LogP contribution in [-0.2, 0) is 0 Å². The maximum atomic E-state index is 6.45. The van der Waals surface area contributed by atoms with Crippen LogP contribution in [0.2, 0.25) is 10.0 Å². The summed E-state index contributed by atoms with van der Waals surface area (Å²) >= 11 is 12.9. The third kappa shape index (κ3) is 2.85. The molecule has 4 nitrogen and oxygen atoms in total. The molecule has 0 unspecified atom stereocenters. The van der Waals surface area contributed by atoms with Gasteiger partial charge in [-0.2, -0.15) is 0 Å². The fraction of sp³-hybridized carbons (Fsp3) is 0.400. The van der Waals surface area contributed by atoms with E-state index >= 15 is 0 Å². The molecular weight excluding hydrogens is 371 g/mol. The van der Waals surface area contributed by atoms with Gasteiger partial charge >= 0.3 is 0 Å². The van der Waals surface area contributed by atoms with Crippen LogP contribution in [0.15, 0.2) is 29.5 Å². The summed E-state index contributed by atoms with van der Waals surface area (Å²) in [5.74, 6) is 1.81. The van der Waals surface area contributed by atoms with Crippen molar-refractivity contribution in [2.75, 3.05) is 14.2 Å². The number of hydrogen-bond acceptors (Lipinski definition) is 4. The average Bonchev–Trinajstić information content (AvgIpc) is 2.66. The third-order valence-electron chi connectivity index (χ3n) is 5.32. The highest BCUT2D eigenvalue weighted by molar-refractivity contribution is 6.41. The van der Waals surface area contributed by atoms with E-state index in [4.69, 9.17) is 37.7 Å². The van der Waals surface area contributed by atoms with Crippen LogP contribution in [0.25, 0.3) is 0 Å². The molecule has 0 saturated heterocycles. The predicted molar refractivity (Wildman–Crippen MR) is 104 cm³/mol. The molecule has 2 heterocycles. The Balaban J connectivity index is 1.97. The molecule has 136 valence electrons. The molecule has 1 saturated carbocycles. The molecule has 6 heteroatoms. The highest BCUT2D eigenvalue weighted by Gasteiger charge is 2.35. The quantitative estimate of drug-likeness (QED) is 0.715. The molecule has 1 aliphatic carbocycles. The van der Waals surface area contributed by atoms with Gasteiger partial charge in [0.05, 0.1) is 36.0 Å². The van der Waals surface area contributed by atoms with Gasteiger partial charge in [-0.05, 0) is 30.5 Å². The fourth-order valence-corrected chi connectivity index (χ4v) is 4.65. The second-order valence-corrected chi connectivity index (χ2v) is 7.52. The molecule has 2 aromatic rings. The molecule has 2 atom stereocenters. The summed E-state index contributed by atoms with van der Waals surface area (Å²) in [6.45, 7) is 0. The van der Waals surface area contributed by atoms with E-state index in [0.717, 1.165) is 35.4 Å². The van der Waals surface area contributed by atoms with Crippen molar-refractivity contribution in [3.63, 3.8) is 0 Å². The number of halogens is 2. The molecule has 1 fully saturated rings. The normalized spacial score (nSPS) is 21.5. The van der Waals surface area contributed by atoms with Crippen molar-refractivity contribution in [2.45, 2.75) is 37.6 Å². The number of benzene rings is 1. The molecule has 26 heavy (non-hydrogen) atoms. The average molecular weight is 391 g/mol. The number of rotatable bonds is 3. The van der Waals surface area contributed by atoms with Gasteiger partial charge in [0.15, 0.2) is 11.5 Å². The first kappa shape index (κ1) is 17.6. The Bertz CT molecular complexity index is 862. The summed E-state index contributed by atoms with van der Waals surface area (Å²) < 4.78 is 11.1. The first-order valence-electron chi connectivity index (χ1n) is 8.77. The predicted octanol–water partition coefficient (Wildman–Crippen LogP) is 5.28. The standard InChI is InChI=1S/C20H20Cl2N2O2/c1-25-17-7-12-11-5-3-4-6-16(11)24-20(13(12)8-18(17)26-2)19-14(21)9-23-10-15(19)22/h7-11,16H,3-6H2,1-2H3/t11-,16-/m1/s1. The first-order chi connectivity index (χ1) is 12.6. The van der Waals surface area contributed by atoms with E-state index in [1.165, 1.54) is 18.4 Å². The van der Waals surface area contributed by atoms with Gasteiger partial charge in [-0.3, -0.25) is 9.98 Å². The van der Waals surface area contributed by atoms with Crippen LogP contribution in [-0.4, -0.2) is 31.0 Å². The van der Waals surface area contributed by atoms with E-state index in [0.29, 0.717) is 21.7 Å². The van der Waals surface area contributed by atoms with E-state index in [1.807, 2.05) is 6.07 Å². The van der Waals surface area contributed by atoms with Crippen molar-refractivity contribution in [1.29, 1.82) is 0 Å². The second kappa shape index (κ2) is 7.09. The minimum Gasteiger partial charge on any atom is -0.493 e. The molecule has 0 spiro atoms. The zero-order valence-corrected chi connectivity index (χ0v) is 16.3. The Labute approximate surface area is 163 Å². The summed E-state index contributed by atoms with van der Waals surface area (Å²) in [5, 5.41) is 1.01. The van der Waals surface area contributed by atoms with E-state index in [-0.39, 0.29) is 6.04 Å². The lowest BCUT2D eigenvalue weighted by Crippen LogP contribution is -2.30. The lowest BCUT2D eigenvalue weighted by atomic mass is 9.75. The fourth-order valence-electron chi connectivity index (χ4n) is 4.11. The smallest absolute Gasteiger partial charge is 0.161 e. The van der Waals surface area contributed by atoms with Crippen molar-refractivity contribution in [2.24, 2.45) is 4.99 Å². The lowest BCUT2D eigenvalue weighted by Gasteiger charge is -2.36. The van der Waals surface area contributed by atoms with Gasteiger partial charge in [0.1, 0.15) is 0 Å². The van der Waals surface area contributed by atoms with Crippen LogP contribution >= 0.6 is 23.2 Å². The van der Waals surface area contributed by atoms with Crippen molar-refractivity contribution in [3.05, 3.63) is 51.3 Å². The van der Waals surface area contributed by atoms with Gasteiger partial charge in [-0.25, -0.2) is 0 Å². The van der Waals surface area contributed by atoms with Crippen molar-refractivity contribution < 1.29 is 9.47 Å². The topological polar surface area (TPSA) is 43.7 Å². The number of ether oxygens (including phenoxy) is 2. The maximum absolute atomic E-state index is 6.45. The molecule has 1 aromatic heterocycles. The van der Waals surface area contributed by atoms with Crippen LogP contribution in [0.4, 0.5) is 0 Å². The van der Waals surface area contributed by atoms with Gasteiger partial charge in [0.25, 0.3) is 0 Å². The van der Waals surface area contributed by atoms with E-state index < -0.39 is 0 Å². The van der Waals surface area contributed by atoms with Crippen LogP contribution in [0, 0.1) is 0 Å². The molecule has 0 amide bonds. The molecule has 0 bridgehead atoms. The number of fused-ring (bicyclic) bond motifs is 3. The molecule has 0 N–H and O–H groups in total. The second-order valence-electron chi connectivity index (χ2n) is 6.71. The van der Waals surface area contributed by atoms with Crippen molar-refractivity contribution >= 4 is 28.9 Å². The molecule has 4 rings (SSSR count). The Morgan fingerprint density at radius 2 is 1.62 bits per heavy atom. The number of methoxy groups -OCH3 is 2. The van der Waals surface area contributed by atoms with Gasteiger partial charge < -0.3 is 9.47 Å². The Kier molecular flexibility index (Phi) is 4.80.